The van der Waals surface area contributed by atoms with E-state index in [0.717, 1.165) is 6.42 Å². The van der Waals surface area contributed by atoms with Crippen molar-refractivity contribution in [2.24, 2.45) is 5.92 Å². The summed E-state index contributed by atoms with van der Waals surface area (Å²) in [4.78, 5) is 15.5. The van der Waals surface area contributed by atoms with Crippen LogP contribution in [0.3, 0.4) is 0 Å². The third-order valence-electron chi connectivity index (χ3n) is 3.60. The molecule has 0 aromatic carbocycles. The predicted octanol–water partition coefficient (Wildman–Crippen LogP) is 1.78. The van der Waals surface area contributed by atoms with Crippen LogP contribution in [0.25, 0.3) is 0 Å². The second kappa shape index (κ2) is 6.11. The second-order valence-corrected chi connectivity index (χ2v) is 7.44. The number of methoxy groups -OCH3 is 1. The lowest BCUT2D eigenvalue weighted by atomic mass is 10.2. The maximum absolute atomic E-state index is 12.5. The highest BCUT2D eigenvalue weighted by Gasteiger charge is 2.27. The van der Waals surface area contributed by atoms with Gasteiger partial charge in [-0.3, -0.25) is 0 Å². The number of hydrogen-bond acceptors (Lipinski definition) is 7. The minimum atomic E-state index is -3.83. The SMILES string of the molecule is COC(=O)c1cccnc1S(=O)(=O)Cc1cc(CC2CC2)on1. The molecule has 0 radical (unpaired) electrons. The molecule has 2 aromatic heterocycles. The monoisotopic (exact) mass is 336 g/mol. The summed E-state index contributed by atoms with van der Waals surface area (Å²) in [6, 6.07) is 4.50. The normalized spacial score (nSPS) is 14.7. The van der Waals surface area contributed by atoms with Crippen molar-refractivity contribution in [1.29, 1.82) is 0 Å². The number of pyridine rings is 1. The molecule has 1 saturated carbocycles. The number of nitrogens with zero attached hydrogens (tertiary/aromatic N) is 2. The number of carbonyl (C=O) groups is 1. The first-order chi connectivity index (χ1) is 11.0. The standard InChI is InChI=1S/C15H16N2O5S/c1-21-15(18)13-3-2-6-16-14(13)23(19,20)9-11-8-12(22-17-11)7-10-4-5-10/h2-3,6,8,10H,4-5,7,9H2,1H3. The molecule has 122 valence electrons. The third-order valence-corrected chi connectivity index (χ3v) is 5.19. The topological polar surface area (TPSA) is 99.4 Å². The summed E-state index contributed by atoms with van der Waals surface area (Å²) in [7, 11) is -2.65. The lowest BCUT2D eigenvalue weighted by Gasteiger charge is -2.06. The van der Waals surface area contributed by atoms with E-state index < -0.39 is 15.8 Å². The summed E-state index contributed by atoms with van der Waals surface area (Å²) in [6.45, 7) is 0. The maximum atomic E-state index is 12.5. The van der Waals surface area contributed by atoms with Crippen LogP contribution in [-0.4, -0.2) is 31.6 Å². The molecular formula is C15H16N2O5S. The highest BCUT2D eigenvalue weighted by molar-refractivity contribution is 7.90. The summed E-state index contributed by atoms with van der Waals surface area (Å²) in [5, 5.41) is 3.50. The molecule has 1 aliphatic carbocycles. The summed E-state index contributed by atoms with van der Waals surface area (Å²) in [5.74, 6) is 0.189. The Balaban J connectivity index is 1.84. The molecule has 2 aromatic rings. The second-order valence-electron chi connectivity index (χ2n) is 5.54. The largest absolute Gasteiger partial charge is 0.465 e. The van der Waals surface area contributed by atoms with Crippen LogP contribution in [0.1, 0.15) is 34.7 Å². The van der Waals surface area contributed by atoms with Gasteiger partial charge in [-0.05, 0) is 30.9 Å². The predicted molar refractivity (Wildman–Crippen MR) is 79.4 cm³/mol. The highest BCUT2D eigenvalue weighted by Crippen LogP contribution is 2.32. The molecule has 0 bridgehead atoms. The Morgan fingerprint density at radius 1 is 1.43 bits per heavy atom. The average Bonchev–Trinajstić information content (AvgIpc) is 3.25. The number of carbonyl (C=O) groups excluding carboxylic acids is 1. The van der Waals surface area contributed by atoms with Crippen molar-refractivity contribution < 1.29 is 22.5 Å². The Morgan fingerprint density at radius 3 is 2.91 bits per heavy atom. The van der Waals surface area contributed by atoms with E-state index in [1.165, 1.54) is 38.3 Å². The first-order valence-corrected chi connectivity index (χ1v) is 8.85. The molecule has 0 saturated heterocycles. The number of hydrogen-bond donors (Lipinski definition) is 0. The Labute approximate surface area is 133 Å². The summed E-state index contributed by atoms with van der Waals surface area (Å²) in [5.41, 5.74) is 0.221. The van der Waals surface area contributed by atoms with Crippen LogP contribution in [0.2, 0.25) is 0 Å². The van der Waals surface area contributed by atoms with Crippen molar-refractivity contribution in [3.63, 3.8) is 0 Å². The zero-order chi connectivity index (χ0) is 16.4. The van der Waals surface area contributed by atoms with Gasteiger partial charge in [0.2, 0.25) is 9.84 Å². The quantitative estimate of drug-likeness (QED) is 0.741. The lowest BCUT2D eigenvalue weighted by Crippen LogP contribution is -2.14. The summed E-state index contributed by atoms with van der Waals surface area (Å²) >= 11 is 0. The van der Waals surface area contributed by atoms with Gasteiger partial charge < -0.3 is 9.26 Å². The van der Waals surface area contributed by atoms with Crippen LogP contribution in [0.15, 0.2) is 33.9 Å². The smallest absolute Gasteiger partial charge is 0.340 e. The van der Waals surface area contributed by atoms with Crippen LogP contribution < -0.4 is 0 Å². The zero-order valence-corrected chi connectivity index (χ0v) is 13.4. The van der Waals surface area contributed by atoms with Gasteiger partial charge in [0.05, 0.1) is 18.4 Å². The Hall–Kier alpha value is -2.22. The van der Waals surface area contributed by atoms with Gasteiger partial charge in [-0.1, -0.05) is 5.16 Å². The lowest BCUT2D eigenvalue weighted by molar-refractivity contribution is 0.0595. The minimum absolute atomic E-state index is 0.0864. The Bertz CT molecular complexity index is 824. The number of esters is 1. The molecule has 23 heavy (non-hydrogen) atoms. The number of rotatable bonds is 6. The number of aromatic nitrogens is 2. The van der Waals surface area contributed by atoms with Crippen LogP contribution in [0, 0.1) is 5.92 Å². The molecule has 0 aliphatic heterocycles. The molecule has 2 heterocycles. The van der Waals surface area contributed by atoms with Crippen molar-refractivity contribution in [3.05, 3.63) is 41.4 Å². The van der Waals surface area contributed by atoms with E-state index in [-0.39, 0.29) is 16.3 Å². The molecule has 0 unspecified atom stereocenters. The van der Waals surface area contributed by atoms with E-state index in [1.54, 1.807) is 6.07 Å². The van der Waals surface area contributed by atoms with Crippen LogP contribution in [0.4, 0.5) is 0 Å². The van der Waals surface area contributed by atoms with E-state index in [4.69, 9.17) is 4.52 Å². The molecule has 0 atom stereocenters. The summed E-state index contributed by atoms with van der Waals surface area (Å²) in [6.07, 6.45) is 4.44. The van der Waals surface area contributed by atoms with Crippen LogP contribution in [0.5, 0.6) is 0 Å². The van der Waals surface area contributed by atoms with Gasteiger partial charge in [0, 0.05) is 18.7 Å². The molecule has 0 N–H and O–H groups in total. The minimum Gasteiger partial charge on any atom is -0.465 e. The molecular weight excluding hydrogens is 320 g/mol. The third kappa shape index (κ3) is 3.58. The van der Waals surface area contributed by atoms with Gasteiger partial charge in [-0.15, -0.1) is 0 Å². The van der Waals surface area contributed by atoms with Gasteiger partial charge in [0.25, 0.3) is 0 Å². The molecule has 7 nitrogen and oxygen atoms in total. The van der Waals surface area contributed by atoms with Gasteiger partial charge >= 0.3 is 5.97 Å². The van der Waals surface area contributed by atoms with Crippen LogP contribution >= 0.6 is 0 Å². The van der Waals surface area contributed by atoms with Gasteiger partial charge in [0.15, 0.2) is 5.03 Å². The van der Waals surface area contributed by atoms with Crippen molar-refractivity contribution in [1.82, 2.24) is 10.1 Å². The van der Waals surface area contributed by atoms with Crippen LogP contribution in [-0.2, 0) is 26.7 Å². The molecule has 1 fully saturated rings. The van der Waals surface area contributed by atoms with Crippen molar-refractivity contribution in [3.8, 4) is 0 Å². The van der Waals surface area contributed by atoms with Gasteiger partial charge in [0.1, 0.15) is 11.5 Å². The van der Waals surface area contributed by atoms with Crippen molar-refractivity contribution in [2.45, 2.75) is 30.0 Å². The molecule has 8 heteroatoms. The fourth-order valence-electron chi connectivity index (χ4n) is 2.29. The average molecular weight is 336 g/mol. The van der Waals surface area contributed by atoms with E-state index in [9.17, 15) is 13.2 Å². The van der Waals surface area contributed by atoms with E-state index in [2.05, 4.69) is 14.9 Å². The van der Waals surface area contributed by atoms with E-state index in [0.29, 0.717) is 17.4 Å². The van der Waals surface area contributed by atoms with E-state index >= 15 is 0 Å². The van der Waals surface area contributed by atoms with Gasteiger partial charge in [-0.25, -0.2) is 18.2 Å². The highest BCUT2D eigenvalue weighted by atomic mass is 32.2. The Kier molecular flexibility index (Phi) is 4.16. The first kappa shape index (κ1) is 15.7. The molecule has 1 aliphatic rings. The van der Waals surface area contributed by atoms with Gasteiger partial charge in [-0.2, -0.15) is 0 Å². The first-order valence-electron chi connectivity index (χ1n) is 7.20. The maximum Gasteiger partial charge on any atom is 0.340 e. The molecule has 3 rings (SSSR count). The summed E-state index contributed by atoms with van der Waals surface area (Å²) < 4.78 is 34.8. The number of ether oxygens (including phenoxy) is 1. The fourth-order valence-corrected chi connectivity index (χ4v) is 3.66. The number of sulfone groups is 1. The fraction of sp³-hybridized carbons (Fsp3) is 0.400. The molecule has 0 amide bonds. The Morgan fingerprint density at radius 2 is 2.22 bits per heavy atom. The van der Waals surface area contributed by atoms with Crippen molar-refractivity contribution in [2.75, 3.05) is 7.11 Å². The van der Waals surface area contributed by atoms with E-state index in [1.807, 2.05) is 0 Å². The zero-order valence-electron chi connectivity index (χ0n) is 12.6. The molecule has 0 spiro atoms. The van der Waals surface area contributed by atoms with Crippen molar-refractivity contribution >= 4 is 15.8 Å².